The second-order valence-corrected chi connectivity index (χ2v) is 7.04. The minimum Gasteiger partial charge on any atom is -0.339 e. The SMILES string of the molecule is CC1(C(=O)N2CCCCC2CCBr)CCCCC1. The van der Waals surface area contributed by atoms with Gasteiger partial charge >= 0.3 is 0 Å². The van der Waals surface area contributed by atoms with Gasteiger partial charge in [-0.3, -0.25) is 4.79 Å². The molecule has 1 atom stereocenters. The topological polar surface area (TPSA) is 20.3 Å². The summed E-state index contributed by atoms with van der Waals surface area (Å²) in [5.41, 5.74) is -0.0554. The summed E-state index contributed by atoms with van der Waals surface area (Å²) >= 11 is 3.53. The molecule has 0 aromatic heterocycles. The van der Waals surface area contributed by atoms with E-state index < -0.39 is 0 Å². The highest BCUT2D eigenvalue weighted by molar-refractivity contribution is 9.09. The Balaban J connectivity index is 2.05. The van der Waals surface area contributed by atoms with Crippen LogP contribution in [0.25, 0.3) is 0 Å². The van der Waals surface area contributed by atoms with E-state index in [0.29, 0.717) is 11.9 Å². The summed E-state index contributed by atoms with van der Waals surface area (Å²) in [5, 5.41) is 1.01. The molecule has 1 saturated carbocycles. The molecule has 2 fully saturated rings. The number of piperidine rings is 1. The Hall–Kier alpha value is -0.0500. The van der Waals surface area contributed by atoms with Crippen molar-refractivity contribution in [3.05, 3.63) is 0 Å². The van der Waals surface area contributed by atoms with Crippen LogP contribution in [0.3, 0.4) is 0 Å². The van der Waals surface area contributed by atoms with Gasteiger partial charge in [-0.2, -0.15) is 0 Å². The third kappa shape index (κ3) is 3.09. The fraction of sp³-hybridized carbons (Fsp3) is 0.933. The summed E-state index contributed by atoms with van der Waals surface area (Å²) in [4.78, 5) is 15.1. The Morgan fingerprint density at radius 1 is 1.22 bits per heavy atom. The van der Waals surface area contributed by atoms with Gasteiger partial charge in [0.05, 0.1) is 0 Å². The van der Waals surface area contributed by atoms with Crippen molar-refractivity contribution in [2.45, 2.75) is 70.8 Å². The zero-order valence-electron chi connectivity index (χ0n) is 11.6. The summed E-state index contributed by atoms with van der Waals surface area (Å²) in [6, 6.07) is 0.490. The highest BCUT2D eigenvalue weighted by Crippen LogP contribution is 2.39. The Kier molecular flexibility index (Phi) is 5.11. The molecule has 0 radical (unpaired) electrons. The van der Waals surface area contributed by atoms with Gasteiger partial charge in [-0.25, -0.2) is 0 Å². The fourth-order valence-electron chi connectivity index (χ4n) is 3.59. The number of rotatable bonds is 3. The second-order valence-electron chi connectivity index (χ2n) is 6.25. The summed E-state index contributed by atoms with van der Waals surface area (Å²) in [7, 11) is 0. The number of amides is 1. The predicted molar refractivity (Wildman–Crippen MR) is 79.0 cm³/mol. The van der Waals surface area contributed by atoms with Crippen LogP contribution in [0.15, 0.2) is 0 Å². The molecule has 2 rings (SSSR count). The van der Waals surface area contributed by atoms with Crippen LogP contribution in [0.2, 0.25) is 0 Å². The molecule has 1 aliphatic carbocycles. The van der Waals surface area contributed by atoms with Crippen LogP contribution < -0.4 is 0 Å². The van der Waals surface area contributed by atoms with Crippen LogP contribution in [-0.2, 0) is 4.79 Å². The van der Waals surface area contributed by atoms with E-state index in [1.54, 1.807) is 0 Å². The minimum atomic E-state index is -0.0554. The first-order chi connectivity index (χ1) is 8.67. The predicted octanol–water partition coefficient (Wildman–Crippen LogP) is 4.12. The Labute approximate surface area is 120 Å². The molecular weight excluding hydrogens is 290 g/mol. The van der Waals surface area contributed by atoms with Crippen molar-refractivity contribution >= 4 is 21.8 Å². The van der Waals surface area contributed by atoms with Crippen molar-refractivity contribution in [2.75, 3.05) is 11.9 Å². The van der Waals surface area contributed by atoms with Crippen molar-refractivity contribution in [3.63, 3.8) is 0 Å². The molecule has 1 amide bonds. The molecule has 1 unspecified atom stereocenters. The first kappa shape index (κ1) is 14.4. The number of likely N-dealkylation sites (tertiary alicyclic amines) is 1. The van der Waals surface area contributed by atoms with Gasteiger partial charge in [0.15, 0.2) is 0 Å². The normalized spacial score (nSPS) is 28.1. The lowest BCUT2D eigenvalue weighted by atomic mass is 9.74. The van der Waals surface area contributed by atoms with Crippen LogP contribution in [0.1, 0.15) is 64.7 Å². The molecule has 0 aromatic rings. The summed E-state index contributed by atoms with van der Waals surface area (Å²) in [6.07, 6.45) is 10.8. The maximum absolute atomic E-state index is 12.9. The Morgan fingerprint density at radius 3 is 2.61 bits per heavy atom. The van der Waals surface area contributed by atoms with E-state index in [2.05, 4.69) is 27.8 Å². The molecule has 0 bridgehead atoms. The molecule has 1 aliphatic heterocycles. The minimum absolute atomic E-state index is 0.0554. The molecule has 2 aliphatic rings. The lowest BCUT2D eigenvalue weighted by Gasteiger charge is -2.43. The van der Waals surface area contributed by atoms with Crippen LogP contribution in [0.4, 0.5) is 0 Å². The largest absolute Gasteiger partial charge is 0.339 e. The zero-order valence-corrected chi connectivity index (χ0v) is 13.2. The first-order valence-corrected chi connectivity index (χ1v) is 8.66. The van der Waals surface area contributed by atoms with Gasteiger partial charge < -0.3 is 4.90 Å². The molecule has 18 heavy (non-hydrogen) atoms. The molecule has 1 saturated heterocycles. The van der Waals surface area contributed by atoms with Crippen LogP contribution in [-0.4, -0.2) is 28.7 Å². The molecule has 1 heterocycles. The molecule has 0 N–H and O–H groups in total. The molecule has 0 spiro atoms. The van der Waals surface area contributed by atoms with E-state index in [0.717, 1.165) is 31.1 Å². The highest BCUT2D eigenvalue weighted by Gasteiger charge is 2.40. The summed E-state index contributed by atoms with van der Waals surface area (Å²) in [6.45, 7) is 3.19. The highest BCUT2D eigenvalue weighted by atomic mass is 79.9. The lowest BCUT2D eigenvalue weighted by Crippen LogP contribution is -2.50. The van der Waals surface area contributed by atoms with Crippen LogP contribution in [0.5, 0.6) is 0 Å². The maximum atomic E-state index is 12.9. The molecular formula is C15H26BrNO. The van der Waals surface area contributed by atoms with Gasteiger partial charge in [0.25, 0.3) is 0 Å². The van der Waals surface area contributed by atoms with E-state index in [1.165, 1.54) is 38.5 Å². The van der Waals surface area contributed by atoms with Gasteiger partial charge in [-0.05, 0) is 38.5 Å². The molecule has 2 nitrogen and oxygen atoms in total. The summed E-state index contributed by atoms with van der Waals surface area (Å²) < 4.78 is 0. The smallest absolute Gasteiger partial charge is 0.228 e. The van der Waals surface area contributed by atoms with Gasteiger partial charge in [-0.15, -0.1) is 0 Å². The van der Waals surface area contributed by atoms with Crippen LogP contribution >= 0.6 is 15.9 Å². The monoisotopic (exact) mass is 315 g/mol. The van der Waals surface area contributed by atoms with Crippen LogP contribution in [0, 0.1) is 5.41 Å². The summed E-state index contributed by atoms with van der Waals surface area (Å²) in [5.74, 6) is 0.452. The Morgan fingerprint density at radius 2 is 1.94 bits per heavy atom. The molecule has 104 valence electrons. The number of hydrogen-bond acceptors (Lipinski definition) is 1. The fourth-order valence-corrected chi connectivity index (χ4v) is 4.12. The average Bonchev–Trinajstić information content (AvgIpc) is 2.40. The van der Waals surface area contributed by atoms with Crippen molar-refractivity contribution in [3.8, 4) is 0 Å². The van der Waals surface area contributed by atoms with Crippen molar-refractivity contribution in [1.29, 1.82) is 0 Å². The van der Waals surface area contributed by atoms with Crippen molar-refractivity contribution < 1.29 is 4.79 Å². The number of carbonyl (C=O) groups is 1. The van der Waals surface area contributed by atoms with E-state index in [1.807, 2.05) is 0 Å². The van der Waals surface area contributed by atoms with Gasteiger partial charge in [0.1, 0.15) is 0 Å². The Bertz CT molecular complexity index is 284. The first-order valence-electron chi connectivity index (χ1n) is 7.54. The van der Waals surface area contributed by atoms with E-state index in [-0.39, 0.29) is 5.41 Å². The number of halogens is 1. The van der Waals surface area contributed by atoms with Crippen molar-refractivity contribution in [2.24, 2.45) is 5.41 Å². The molecule has 0 aromatic carbocycles. The third-order valence-electron chi connectivity index (χ3n) is 4.80. The third-order valence-corrected chi connectivity index (χ3v) is 5.26. The van der Waals surface area contributed by atoms with E-state index in [4.69, 9.17) is 0 Å². The standard InChI is InChI=1S/C15H26BrNO/c1-15(9-4-2-5-10-15)14(18)17-12-6-3-7-13(17)8-11-16/h13H,2-12H2,1H3. The molecule has 3 heteroatoms. The lowest BCUT2D eigenvalue weighted by molar-refractivity contribution is -0.147. The average molecular weight is 316 g/mol. The number of alkyl halides is 1. The number of nitrogens with zero attached hydrogens (tertiary/aromatic N) is 1. The second kappa shape index (κ2) is 6.40. The van der Waals surface area contributed by atoms with E-state index >= 15 is 0 Å². The number of carbonyl (C=O) groups excluding carboxylic acids is 1. The van der Waals surface area contributed by atoms with Gasteiger partial charge in [0, 0.05) is 23.3 Å². The quantitative estimate of drug-likeness (QED) is 0.717. The van der Waals surface area contributed by atoms with Gasteiger partial charge in [0.2, 0.25) is 5.91 Å². The van der Waals surface area contributed by atoms with E-state index in [9.17, 15) is 4.79 Å². The zero-order chi connectivity index (χ0) is 13.0. The van der Waals surface area contributed by atoms with Crippen molar-refractivity contribution in [1.82, 2.24) is 4.90 Å². The maximum Gasteiger partial charge on any atom is 0.228 e. The number of hydrogen-bond donors (Lipinski definition) is 0. The van der Waals surface area contributed by atoms with Gasteiger partial charge in [-0.1, -0.05) is 42.1 Å².